The van der Waals surface area contributed by atoms with Crippen molar-refractivity contribution in [1.29, 1.82) is 0 Å². The van der Waals surface area contributed by atoms with Gasteiger partial charge in [0.15, 0.2) is 0 Å². The van der Waals surface area contributed by atoms with Gasteiger partial charge in [-0.05, 0) is 62.2 Å². The normalized spacial score (nSPS) is 44.1. The first-order valence-corrected chi connectivity index (χ1v) is 8.82. The van der Waals surface area contributed by atoms with Crippen LogP contribution in [0.15, 0.2) is 12.7 Å². The number of carbonyl (C=O) groups excluding carboxylic acids is 1. The number of esters is 1. The molecule has 4 rings (SSSR count). The molecule has 2 atom stereocenters. The molecule has 4 aliphatic rings. The third-order valence-electron chi connectivity index (χ3n) is 6.84. The zero-order valence-corrected chi connectivity index (χ0v) is 13.9. The molecule has 0 aliphatic heterocycles. The minimum Gasteiger partial charge on any atom is -0.455 e. The topological polar surface area (TPSA) is 26.3 Å². The smallest absolute Gasteiger partial charge is 0.330 e. The van der Waals surface area contributed by atoms with E-state index < -0.39 is 0 Å². The van der Waals surface area contributed by atoms with E-state index in [4.69, 9.17) is 4.74 Å². The third kappa shape index (κ3) is 2.17. The average molecular weight is 290 g/mol. The maximum absolute atomic E-state index is 12.1. The molecule has 0 aromatic heterocycles. The number of ether oxygens (including phenoxy) is 1. The van der Waals surface area contributed by atoms with Gasteiger partial charge in [0.05, 0.1) is 0 Å². The maximum atomic E-state index is 12.1. The van der Waals surface area contributed by atoms with Crippen molar-refractivity contribution >= 4 is 5.97 Å². The molecule has 0 aromatic rings. The SMILES string of the molecule is C=CC(=O)OC1(C(CC)CC)C2CC3CC1CC(C)(C3)C2. The lowest BCUT2D eigenvalue weighted by atomic mass is 9.42. The molecular weight excluding hydrogens is 260 g/mol. The van der Waals surface area contributed by atoms with Gasteiger partial charge in [-0.3, -0.25) is 0 Å². The molecule has 118 valence electrons. The van der Waals surface area contributed by atoms with Gasteiger partial charge in [-0.1, -0.05) is 27.4 Å². The highest BCUT2D eigenvalue weighted by Gasteiger charge is 2.64. The van der Waals surface area contributed by atoms with Crippen molar-refractivity contribution in [2.45, 2.75) is 71.3 Å². The summed E-state index contributed by atoms with van der Waals surface area (Å²) >= 11 is 0. The van der Waals surface area contributed by atoms with Crippen LogP contribution in [0.2, 0.25) is 0 Å². The van der Waals surface area contributed by atoms with Crippen molar-refractivity contribution in [3.8, 4) is 0 Å². The van der Waals surface area contributed by atoms with Gasteiger partial charge < -0.3 is 4.74 Å². The molecule has 2 unspecified atom stereocenters. The highest BCUT2D eigenvalue weighted by molar-refractivity contribution is 5.81. The van der Waals surface area contributed by atoms with Gasteiger partial charge in [0.25, 0.3) is 0 Å². The molecule has 0 amide bonds. The first-order chi connectivity index (χ1) is 9.97. The second-order valence-electron chi connectivity index (χ2n) is 8.15. The van der Waals surface area contributed by atoms with Crippen LogP contribution in [0.4, 0.5) is 0 Å². The standard InChI is InChI=1S/C19H30O2/c1-5-14(6-2)19(21-17(20)7-3)15-8-13-9-16(19)12-18(4,10-13)11-15/h7,13-16H,3,5-6,8-12H2,1-2,4H3. The average Bonchev–Trinajstić information content (AvgIpc) is 2.43. The summed E-state index contributed by atoms with van der Waals surface area (Å²) in [6.07, 6.45) is 10.0. The second-order valence-corrected chi connectivity index (χ2v) is 8.15. The fourth-order valence-electron chi connectivity index (χ4n) is 6.45. The van der Waals surface area contributed by atoms with Crippen molar-refractivity contribution in [2.75, 3.05) is 0 Å². The van der Waals surface area contributed by atoms with E-state index in [0.29, 0.717) is 23.2 Å². The van der Waals surface area contributed by atoms with E-state index in [1.807, 2.05) is 0 Å². The Morgan fingerprint density at radius 2 is 1.81 bits per heavy atom. The molecule has 21 heavy (non-hydrogen) atoms. The van der Waals surface area contributed by atoms with Crippen LogP contribution in [-0.2, 0) is 9.53 Å². The minimum absolute atomic E-state index is 0.203. The van der Waals surface area contributed by atoms with Gasteiger partial charge in [-0.25, -0.2) is 4.79 Å². The van der Waals surface area contributed by atoms with Crippen LogP contribution >= 0.6 is 0 Å². The molecule has 4 bridgehead atoms. The van der Waals surface area contributed by atoms with Crippen molar-refractivity contribution in [1.82, 2.24) is 0 Å². The summed E-state index contributed by atoms with van der Waals surface area (Å²) in [6.45, 7) is 10.6. The lowest BCUT2D eigenvalue weighted by Gasteiger charge is -2.65. The van der Waals surface area contributed by atoms with E-state index in [9.17, 15) is 4.79 Å². The predicted octanol–water partition coefficient (Wildman–Crippen LogP) is 4.74. The van der Waals surface area contributed by atoms with Gasteiger partial charge in [-0.2, -0.15) is 0 Å². The van der Waals surface area contributed by atoms with Crippen LogP contribution in [0.1, 0.15) is 65.7 Å². The molecule has 0 N–H and O–H groups in total. The Balaban J connectivity index is 1.99. The molecule has 0 heterocycles. The zero-order valence-electron chi connectivity index (χ0n) is 13.9. The van der Waals surface area contributed by atoms with Crippen LogP contribution in [0, 0.1) is 29.1 Å². The van der Waals surface area contributed by atoms with Gasteiger partial charge >= 0.3 is 5.97 Å². The van der Waals surface area contributed by atoms with Crippen LogP contribution in [0.25, 0.3) is 0 Å². The fourth-order valence-corrected chi connectivity index (χ4v) is 6.45. The number of hydrogen-bond donors (Lipinski definition) is 0. The lowest BCUT2D eigenvalue weighted by molar-refractivity contribution is -0.240. The summed E-state index contributed by atoms with van der Waals surface area (Å²) in [4.78, 5) is 12.1. The molecule has 2 nitrogen and oxygen atoms in total. The van der Waals surface area contributed by atoms with Gasteiger partial charge in [0, 0.05) is 17.9 Å². The fraction of sp³-hybridized carbons (Fsp3) is 0.842. The summed E-state index contributed by atoms with van der Waals surface area (Å²) < 4.78 is 6.20. The van der Waals surface area contributed by atoms with Crippen molar-refractivity contribution < 1.29 is 9.53 Å². The molecule has 0 radical (unpaired) electrons. The Morgan fingerprint density at radius 1 is 1.24 bits per heavy atom. The predicted molar refractivity (Wildman–Crippen MR) is 84.8 cm³/mol. The Bertz CT molecular complexity index is 419. The summed E-state index contributed by atoms with van der Waals surface area (Å²) in [5.41, 5.74) is 0.303. The number of carbonyl (C=O) groups is 1. The quantitative estimate of drug-likeness (QED) is 0.540. The highest BCUT2D eigenvalue weighted by atomic mass is 16.6. The van der Waals surface area contributed by atoms with E-state index in [-0.39, 0.29) is 11.6 Å². The first-order valence-electron chi connectivity index (χ1n) is 8.82. The van der Waals surface area contributed by atoms with Crippen LogP contribution < -0.4 is 0 Å². The Hall–Kier alpha value is -0.790. The first kappa shape index (κ1) is 15.1. The van der Waals surface area contributed by atoms with Gasteiger partial charge in [-0.15, -0.1) is 0 Å². The summed E-state index contributed by atoms with van der Waals surface area (Å²) in [5.74, 6) is 2.31. The summed E-state index contributed by atoms with van der Waals surface area (Å²) in [6, 6.07) is 0. The van der Waals surface area contributed by atoms with Crippen LogP contribution in [0.3, 0.4) is 0 Å². The highest BCUT2D eigenvalue weighted by Crippen LogP contribution is 2.66. The molecule has 4 fully saturated rings. The molecule has 4 aliphatic carbocycles. The van der Waals surface area contributed by atoms with Gasteiger partial charge in [0.1, 0.15) is 5.60 Å². The van der Waals surface area contributed by atoms with Crippen molar-refractivity contribution in [3.63, 3.8) is 0 Å². The summed E-state index contributed by atoms with van der Waals surface area (Å²) in [7, 11) is 0. The molecule has 0 aromatic carbocycles. The lowest BCUT2D eigenvalue weighted by Crippen LogP contribution is -2.65. The molecule has 4 saturated carbocycles. The third-order valence-corrected chi connectivity index (χ3v) is 6.84. The van der Waals surface area contributed by atoms with E-state index in [1.165, 1.54) is 38.2 Å². The molecule has 0 saturated heterocycles. The van der Waals surface area contributed by atoms with E-state index in [1.54, 1.807) is 0 Å². The number of rotatable bonds is 5. The van der Waals surface area contributed by atoms with Gasteiger partial charge in [0.2, 0.25) is 0 Å². The molecule has 0 spiro atoms. The van der Waals surface area contributed by atoms with E-state index in [0.717, 1.165) is 18.8 Å². The molecular formula is C19H30O2. The van der Waals surface area contributed by atoms with Crippen LogP contribution in [-0.4, -0.2) is 11.6 Å². The Morgan fingerprint density at radius 3 is 2.24 bits per heavy atom. The summed E-state index contributed by atoms with van der Waals surface area (Å²) in [5, 5.41) is 0. The van der Waals surface area contributed by atoms with Crippen LogP contribution in [0.5, 0.6) is 0 Å². The maximum Gasteiger partial charge on any atom is 0.330 e. The van der Waals surface area contributed by atoms with E-state index >= 15 is 0 Å². The molecule has 2 heteroatoms. The second kappa shape index (κ2) is 5.14. The van der Waals surface area contributed by atoms with E-state index in [2.05, 4.69) is 27.4 Å². The van der Waals surface area contributed by atoms with Crippen molar-refractivity contribution in [3.05, 3.63) is 12.7 Å². The largest absolute Gasteiger partial charge is 0.455 e. The monoisotopic (exact) mass is 290 g/mol. The minimum atomic E-state index is -0.209. The zero-order chi connectivity index (χ0) is 15.3. The Kier molecular flexibility index (Phi) is 3.70. The number of hydrogen-bond acceptors (Lipinski definition) is 2. The van der Waals surface area contributed by atoms with Crippen molar-refractivity contribution in [2.24, 2.45) is 29.1 Å². The Labute approximate surface area is 129 Å².